The zero-order chi connectivity index (χ0) is 25.0. The quantitative estimate of drug-likeness (QED) is 0.236. The summed E-state index contributed by atoms with van der Waals surface area (Å²) < 4.78 is 43.6. The first-order valence-corrected chi connectivity index (χ1v) is 10.7. The van der Waals surface area contributed by atoms with E-state index in [1.807, 2.05) is 0 Å². The molecule has 1 aromatic heterocycles. The van der Waals surface area contributed by atoms with E-state index in [2.05, 4.69) is 26.4 Å². The number of carbonyl (C=O) groups is 1. The highest BCUT2D eigenvalue weighted by atomic mass is 35.5. The van der Waals surface area contributed by atoms with Crippen LogP contribution in [0.15, 0.2) is 77.2 Å². The first-order valence-electron chi connectivity index (χ1n) is 9.94. The molecule has 35 heavy (non-hydrogen) atoms. The first-order chi connectivity index (χ1) is 16.7. The SMILES string of the molecule is O=C(NNC(=S)Nc1ccc(C(F)(F)F)cc1)c1ccc(-c2nnc(-c3ccccc3Cl)o2)cc1. The van der Waals surface area contributed by atoms with Gasteiger partial charge in [-0.2, -0.15) is 13.2 Å². The smallest absolute Gasteiger partial charge is 0.416 e. The summed E-state index contributed by atoms with van der Waals surface area (Å²) in [4.78, 5) is 12.4. The lowest BCUT2D eigenvalue weighted by Crippen LogP contribution is -2.43. The molecule has 0 aliphatic carbocycles. The minimum Gasteiger partial charge on any atom is -0.416 e. The van der Waals surface area contributed by atoms with Crippen LogP contribution in [0.5, 0.6) is 0 Å². The number of nitrogens with zero attached hydrogens (tertiary/aromatic N) is 2. The van der Waals surface area contributed by atoms with Gasteiger partial charge in [0.2, 0.25) is 11.8 Å². The number of hydrazine groups is 1. The summed E-state index contributed by atoms with van der Waals surface area (Å²) in [6, 6.07) is 17.8. The van der Waals surface area contributed by atoms with Gasteiger partial charge in [0.1, 0.15) is 0 Å². The second-order valence-electron chi connectivity index (χ2n) is 7.08. The second-order valence-corrected chi connectivity index (χ2v) is 7.89. The highest BCUT2D eigenvalue weighted by molar-refractivity contribution is 7.80. The van der Waals surface area contributed by atoms with Crippen LogP contribution in [0.1, 0.15) is 15.9 Å². The van der Waals surface area contributed by atoms with Gasteiger partial charge in [-0.05, 0) is 72.9 Å². The van der Waals surface area contributed by atoms with Crippen LogP contribution in [-0.2, 0) is 6.18 Å². The standard InChI is InChI=1S/C23H15ClF3N5O2S/c24-18-4-2-1-3-17(18)21-31-30-20(34-21)14-7-5-13(6-8-14)19(33)29-32-22(35)28-16-11-9-15(10-12-16)23(25,26)27/h1-12H,(H,29,33)(H2,28,32,35). The Balaban J connectivity index is 1.33. The second kappa shape index (κ2) is 10.1. The average molecular weight is 518 g/mol. The summed E-state index contributed by atoms with van der Waals surface area (Å²) in [7, 11) is 0. The zero-order valence-electron chi connectivity index (χ0n) is 17.6. The molecule has 0 unspecified atom stereocenters. The number of aromatic nitrogens is 2. The van der Waals surface area contributed by atoms with E-state index < -0.39 is 17.6 Å². The van der Waals surface area contributed by atoms with E-state index >= 15 is 0 Å². The molecular formula is C23H15ClF3N5O2S. The number of hydrogen-bond acceptors (Lipinski definition) is 5. The summed E-state index contributed by atoms with van der Waals surface area (Å²) in [5.74, 6) is 0.0352. The molecule has 0 bridgehead atoms. The fourth-order valence-electron chi connectivity index (χ4n) is 2.94. The third-order valence-electron chi connectivity index (χ3n) is 4.68. The third kappa shape index (κ3) is 5.94. The van der Waals surface area contributed by atoms with E-state index in [9.17, 15) is 18.0 Å². The van der Waals surface area contributed by atoms with Gasteiger partial charge in [-0.15, -0.1) is 10.2 Å². The topological polar surface area (TPSA) is 92.1 Å². The minimum absolute atomic E-state index is 0.00677. The molecule has 7 nitrogen and oxygen atoms in total. The normalized spacial score (nSPS) is 11.1. The van der Waals surface area contributed by atoms with Crippen LogP contribution in [0.4, 0.5) is 18.9 Å². The molecule has 0 atom stereocenters. The number of rotatable bonds is 4. The monoisotopic (exact) mass is 517 g/mol. The maximum absolute atomic E-state index is 12.6. The molecular weight excluding hydrogens is 503 g/mol. The van der Waals surface area contributed by atoms with Crippen molar-refractivity contribution in [2.45, 2.75) is 6.18 Å². The lowest BCUT2D eigenvalue weighted by molar-refractivity contribution is -0.137. The van der Waals surface area contributed by atoms with Crippen molar-refractivity contribution < 1.29 is 22.4 Å². The number of thiocarbonyl (C=S) groups is 1. The van der Waals surface area contributed by atoms with Crippen LogP contribution in [0.3, 0.4) is 0 Å². The molecule has 1 heterocycles. The van der Waals surface area contributed by atoms with E-state index in [1.165, 1.54) is 12.1 Å². The summed E-state index contributed by atoms with van der Waals surface area (Å²) in [5, 5.41) is 11.2. The van der Waals surface area contributed by atoms with Gasteiger partial charge in [-0.3, -0.25) is 15.6 Å². The molecule has 0 saturated carbocycles. The van der Waals surface area contributed by atoms with Gasteiger partial charge < -0.3 is 9.73 Å². The van der Waals surface area contributed by atoms with Crippen molar-refractivity contribution in [3.63, 3.8) is 0 Å². The first kappa shape index (κ1) is 24.2. The average Bonchev–Trinajstić information content (AvgIpc) is 3.33. The van der Waals surface area contributed by atoms with Crippen LogP contribution >= 0.6 is 23.8 Å². The molecule has 0 radical (unpaired) electrons. The molecule has 3 aromatic carbocycles. The van der Waals surface area contributed by atoms with Crippen molar-refractivity contribution in [2.24, 2.45) is 0 Å². The molecule has 0 saturated heterocycles. The Hall–Kier alpha value is -3.96. The van der Waals surface area contributed by atoms with Crippen molar-refractivity contribution in [1.82, 2.24) is 21.0 Å². The minimum atomic E-state index is -4.43. The van der Waals surface area contributed by atoms with Crippen molar-refractivity contribution in [1.29, 1.82) is 0 Å². The maximum atomic E-state index is 12.6. The van der Waals surface area contributed by atoms with Gasteiger partial charge in [0.25, 0.3) is 5.91 Å². The Morgan fingerprint density at radius 1 is 0.886 bits per heavy atom. The fraction of sp³-hybridized carbons (Fsp3) is 0.0435. The van der Waals surface area contributed by atoms with Crippen LogP contribution in [0.25, 0.3) is 22.9 Å². The number of carbonyl (C=O) groups excluding carboxylic acids is 1. The Morgan fingerprint density at radius 2 is 1.54 bits per heavy atom. The van der Waals surface area contributed by atoms with E-state index in [-0.39, 0.29) is 16.9 Å². The Morgan fingerprint density at radius 3 is 2.20 bits per heavy atom. The molecule has 0 aliphatic heterocycles. The number of amides is 1. The van der Waals surface area contributed by atoms with Crippen molar-refractivity contribution in [3.8, 4) is 22.9 Å². The molecule has 1 amide bonds. The van der Waals surface area contributed by atoms with E-state index in [0.29, 0.717) is 27.4 Å². The Labute approximate surface area is 207 Å². The molecule has 3 N–H and O–H groups in total. The van der Waals surface area contributed by atoms with Gasteiger partial charge in [0.05, 0.1) is 16.1 Å². The fourth-order valence-corrected chi connectivity index (χ4v) is 3.32. The van der Waals surface area contributed by atoms with E-state index in [1.54, 1.807) is 48.5 Å². The molecule has 0 spiro atoms. The van der Waals surface area contributed by atoms with Gasteiger partial charge in [0, 0.05) is 16.8 Å². The highest BCUT2D eigenvalue weighted by Crippen LogP contribution is 2.30. The number of nitrogens with one attached hydrogen (secondary N) is 3. The lowest BCUT2D eigenvalue weighted by atomic mass is 10.1. The summed E-state index contributed by atoms with van der Waals surface area (Å²) in [6.45, 7) is 0. The maximum Gasteiger partial charge on any atom is 0.416 e. The van der Waals surface area contributed by atoms with Crippen molar-refractivity contribution in [2.75, 3.05) is 5.32 Å². The predicted octanol–water partition coefficient (Wildman–Crippen LogP) is 5.71. The number of halogens is 4. The zero-order valence-corrected chi connectivity index (χ0v) is 19.1. The van der Waals surface area contributed by atoms with Crippen molar-refractivity contribution in [3.05, 3.63) is 88.9 Å². The van der Waals surface area contributed by atoms with Crippen LogP contribution in [0, 0.1) is 0 Å². The van der Waals surface area contributed by atoms with Gasteiger partial charge in [-0.1, -0.05) is 23.7 Å². The number of hydrogen-bond donors (Lipinski definition) is 3. The van der Waals surface area contributed by atoms with Crippen molar-refractivity contribution >= 4 is 40.5 Å². The van der Waals surface area contributed by atoms with Gasteiger partial charge >= 0.3 is 6.18 Å². The van der Waals surface area contributed by atoms with Gasteiger partial charge in [0.15, 0.2) is 5.11 Å². The molecule has 178 valence electrons. The molecule has 12 heteroatoms. The van der Waals surface area contributed by atoms with Crippen LogP contribution in [0.2, 0.25) is 5.02 Å². The van der Waals surface area contributed by atoms with Gasteiger partial charge in [-0.25, -0.2) is 0 Å². The predicted molar refractivity (Wildman–Crippen MR) is 128 cm³/mol. The molecule has 4 aromatic rings. The summed E-state index contributed by atoms with van der Waals surface area (Å²) in [5.41, 5.74) is 5.96. The Bertz CT molecular complexity index is 1360. The lowest BCUT2D eigenvalue weighted by Gasteiger charge is -2.12. The Kier molecular flexibility index (Phi) is 6.99. The third-order valence-corrected chi connectivity index (χ3v) is 5.22. The largest absolute Gasteiger partial charge is 0.416 e. The number of anilines is 1. The molecule has 0 aliphatic rings. The summed E-state index contributed by atoms with van der Waals surface area (Å²) >= 11 is 11.2. The highest BCUT2D eigenvalue weighted by Gasteiger charge is 2.29. The summed E-state index contributed by atoms with van der Waals surface area (Å²) in [6.07, 6.45) is -4.43. The van der Waals surface area contributed by atoms with Crippen LogP contribution < -0.4 is 16.2 Å². The van der Waals surface area contributed by atoms with Crippen LogP contribution in [-0.4, -0.2) is 21.2 Å². The van der Waals surface area contributed by atoms with E-state index in [0.717, 1.165) is 12.1 Å². The molecule has 0 fully saturated rings. The number of benzene rings is 3. The number of alkyl halides is 3. The molecule has 4 rings (SSSR count). The van der Waals surface area contributed by atoms with E-state index in [4.69, 9.17) is 28.2 Å².